The molecular formula is C14H15BrF3NO. The second kappa shape index (κ2) is 6.43. The Labute approximate surface area is 124 Å². The average Bonchev–Trinajstić information content (AvgIpc) is 2.34. The van der Waals surface area contributed by atoms with Crippen LogP contribution < -0.4 is 0 Å². The van der Waals surface area contributed by atoms with Crippen molar-refractivity contribution in [3.05, 3.63) is 46.0 Å². The van der Waals surface area contributed by atoms with E-state index in [1.54, 1.807) is 13.8 Å². The monoisotopic (exact) mass is 349 g/mol. The van der Waals surface area contributed by atoms with Crippen LogP contribution in [0.25, 0.3) is 0 Å². The first-order valence-electron chi connectivity index (χ1n) is 5.97. The Kier molecular flexibility index (Phi) is 5.39. The zero-order valence-electron chi connectivity index (χ0n) is 11.2. The molecule has 6 heteroatoms. The fraction of sp³-hybridized carbons (Fsp3) is 0.357. The maximum absolute atomic E-state index is 12.7. The standard InChI is InChI=1S/C14H15BrF3NO/c1-4-19(8-9(2)3)13(20)11-7-10(14(16,17)18)5-6-12(11)15/h5-7H,2,4,8H2,1,3H3. The lowest BCUT2D eigenvalue weighted by Crippen LogP contribution is -2.32. The summed E-state index contributed by atoms with van der Waals surface area (Å²) >= 11 is 3.12. The van der Waals surface area contributed by atoms with E-state index in [2.05, 4.69) is 22.5 Å². The molecule has 1 aromatic rings. The molecule has 0 heterocycles. The van der Waals surface area contributed by atoms with Crippen LogP contribution in [0.4, 0.5) is 13.2 Å². The lowest BCUT2D eigenvalue weighted by atomic mass is 10.1. The third kappa shape index (κ3) is 4.10. The minimum absolute atomic E-state index is 0.00271. The third-order valence-electron chi connectivity index (χ3n) is 2.65. The molecule has 0 unspecified atom stereocenters. The number of carbonyl (C=O) groups excluding carboxylic acids is 1. The number of benzene rings is 1. The van der Waals surface area contributed by atoms with Crippen LogP contribution in [0.2, 0.25) is 0 Å². The fourth-order valence-electron chi connectivity index (χ4n) is 1.69. The van der Waals surface area contributed by atoms with Crippen molar-refractivity contribution in [2.75, 3.05) is 13.1 Å². The van der Waals surface area contributed by atoms with Gasteiger partial charge in [0.2, 0.25) is 0 Å². The maximum Gasteiger partial charge on any atom is 0.416 e. The largest absolute Gasteiger partial charge is 0.416 e. The van der Waals surface area contributed by atoms with Crippen molar-refractivity contribution in [3.63, 3.8) is 0 Å². The highest BCUT2D eigenvalue weighted by Crippen LogP contribution is 2.32. The maximum atomic E-state index is 12.7. The van der Waals surface area contributed by atoms with Crippen LogP contribution in [-0.4, -0.2) is 23.9 Å². The minimum atomic E-state index is -4.47. The molecule has 0 saturated carbocycles. The van der Waals surface area contributed by atoms with Gasteiger partial charge in [0.1, 0.15) is 0 Å². The lowest BCUT2D eigenvalue weighted by molar-refractivity contribution is -0.137. The van der Waals surface area contributed by atoms with Gasteiger partial charge in [-0.15, -0.1) is 0 Å². The van der Waals surface area contributed by atoms with E-state index in [0.29, 0.717) is 17.6 Å². The first-order chi connectivity index (χ1) is 9.16. The summed E-state index contributed by atoms with van der Waals surface area (Å²) in [4.78, 5) is 13.7. The van der Waals surface area contributed by atoms with Crippen LogP contribution in [-0.2, 0) is 6.18 Å². The minimum Gasteiger partial charge on any atom is -0.335 e. The normalized spacial score (nSPS) is 11.3. The van der Waals surface area contributed by atoms with Gasteiger partial charge in [0.05, 0.1) is 11.1 Å². The lowest BCUT2D eigenvalue weighted by Gasteiger charge is -2.22. The van der Waals surface area contributed by atoms with Gasteiger partial charge < -0.3 is 4.90 Å². The van der Waals surface area contributed by atoms with E-state index in [-0.39, 0.29) is 5.56 Å². The van der Waals surface area contributed by atoms with Gasteiger partial charge >= 0.3 is 6.18 Å². The van der Waals surface area contributed by atoms with Gasteiger partial charge in [0.15, 0.2) is 0 Å². The van der Waals surface area contributed by atoms with Crippen LogP contribution in [0.15, 0.2) is 34.8 Å². The molecule has 1 amide bonds. The predicted octanol–water partition coefficient (Wildman–Crippen LogP) is 4.51. The number of halogens is 4. The highest BCUT2D eigenvalue weighted by Gasteiger charge is 2.32. The summed E-state index contributed by atoms with van der Waals surface area (Å²) in [6, 6.07) is 3.05. The summed E-state index contributed by atoms with van der Waals surface area (Å²) in [5.41, 5.74) is -0.0679. The smallest absolute Gasteiger partial charge is 0.335 e. The average molecular weight is 350 g/mol. The Hall–Kier alpha value is -1.30. The van der Waals surface area contributed by atoms with Crippen LogP contribution in [0.5, 0.6) is 0 Å². The van der Waals surface area contributed by atoms with E-state index >= 15 is 0 Å². The first-order valence-corrected chi connectivity index (χ1v) is 6.76. The Morgan fingerprint density at radius 1 is 1.40 bits per heavy atom. The van der Waals surface area contributed by atoms with Crippen LogP contribution >= 0.6 is 15.9 Å². The zero-order valence-corrected chi connectivity index (χ0v) is 12.8. The molecule has 0 fully saturated rings. The molecule has 0 aliphatic rings. The number of nitrogens with zero attached hydrogens (tertiary/aromatic N) is 1. The van der Waals surface area contributed by atoms with Crippen molar-refractivity contribution in [2.24, 2.45) is 0 Å². The van der Waals surface area contributed by atoms with E-state index in [1.807, 2.05) is 0 Å². The second-order valence-corrected chi connectivity index (χ2v) is 5.32. The number of hydrogen-bond donors (Lipinski definition) is 0. The Morgan fingerprint density at radius 2 is 2.00 bits per heavy atom. The molecule has 0 spiro atoms. The summed E-state index contributed by atoms with van der Waals surface area (Å²) in [5, 5.41) is 0. The quantitative estimate of drug-likeness (QED) is 0.732. The zero-order chi connectivity index (χ0) is 15.5. The summed E-state index contributed by atoms with van der Waals surface area (Å²) in [6.45, 7) is 7.95. The molecular weight excluding hydrogens is 335 g/mol. The number of amides is 1. The molecule has 1 aromatic carbocycles. The number of alkyl halides is 3. The number of rotatable bonds is 4. The topological polar surface area (TPSA) is 20.3 Å². The molecule has 2 nitrogen and oxygen atoms in total. The summed E-state index contributed by atoms with van der Waals surface area (Å²) in [7, 11) is 0. The van der Waals surface area contributed by atoms with Gasteiger partial charge in [-0.25, -0.2) is 0 Å². The molecule has 0 aliphatic heterocycles. The third-order valence-corrected chi connectivity index (χ3v) is 3.35. The molecule has 0 saturated heterocycles. The van der Waals surface area contributed by atoms with E-state index in [1.165, 1.54) is 11.0 Å². The Balaban J connectivity index is 3.17. The summed E-state index contributed by atoms with van der Waals surface area (Å²) < 4.78 is 38.4. The highest BCUT2D eigenvalue weighted by molar-refractivity contribution is 9.10. The molecule has 0 atom stereocenters. The number of likely N-dealkylation sites (N-methyl/N-ethyl adjacent to an activating group) is 1. The Bertz CT molecular complexity index is 526. The van der Waals surface area contributed by atoms with Gasteiger partial charge in [-0.1, -0.05) is 12.2 Å². The van der Waals surface area contributed by atoms with Gasteiger partial charge in [-0.2, -0.15) is 13.2 Å². The van der Waals surface area contributed by atoms with Gasteiger partial charge in [0, 0.05) is 17.6 Å². The van der Waals surface area contributed by atoms with Crippen LogP contribution in [0, 0.1) is 0 Å². The van der Waals surface area contributed by atoms with Gasteiger partial charge in [-0.05, 0) is 48.0 Å². The van der Waals surface area contributed by atoms with Crippen molar-refractivity contribution < 1.29 is 18.0 Å². The molecule has 0 radical (unpaired) electrons. The van der Waals surface area contributed by atoms with E-state index in [4.69, 9.17) is 0 Å². The first kappa shape index (κ1) is 16.8. The Morgan fingerprint density at radius 3 is 2.45 bits per heavy atom. The highest BCUT2D eigenvalue weighted by atomic mass is 79.9. The summed E-state index contributed by atoms with van der Waals surface area (Å²) in [5.74, 6) is -0.450. The van der Waals surface area contributed by atoms with Crippen LogP contribution in [0.3, 0.4) is 0 Å². The van der Waals surface area contributed by atoms with Crippen molar-refractivity contribution in [3.8, 4) is 0 Å². The second-order valence-electron chi connectivity index (χ2n) is 4.47. The van der Waals surface area contributed by atoms with E-state index in [9.17, 15) is 18.0 Å². The van der Waals surface area contributed by atoms with Crippen molar-refractivity contribution in [2.45, 2.75) is 20.0 Å². The van der Waals surface area contributed by atoms with Gasteiger partial charge in [-0.3, -0.25) is 4.79 Å². The van der Waals surface area contributed by atoms with Crippen molar-refractivity contribution in [1.82, 2.24) is 4.90 Å². The number of carbonyl (C=O) groups is 1. The van der Waals surface area contributed by atoms with E-state index < -0.39 is 17.6 Å². The molecule has 0 aliphatic carbocycles. The number of hydrogen-bond acceptors (Lipinski definition) is 1. The molecule has 20 heavy (non-hydrogen) atoms. The predicted molar refractivity (Wildman–Crippen MR) is 75.5 cm³/mol. The van der Waals surface area contributed by atoms with Gasteiger partial charge in [0.25, 0.3) is 5.91 Å². The SMILES string of the molecule is C=C(C)CN(CC)C(=O)c1cc(C(F)(F)F)ccc1Br. The summed E-state index contributed by atoms with van der Waals surface area (Å²) in [6.07, 6.45) is -4.47. The van der Waals surface area contributed by atoms with Crippen molar-refractivity contribution in [1.29, 1.82) is 0 Å². The molecule has 0 N–H and O–H groups in total. The molecule has 110 valence electrons. The van der Waals surface area contributed by atoms with E-state index in [0.717, 1.165) is 17.7 Å². The molecule has 0 bridgehead atoms. The van der Waals surface area contributed by atoms with Crippen LogP contribution in [0.1, 0.15) is 29.8 Å². The van der Waals surface area contributed by atoms with Crippen molar-refractivity contribution >= 4 is 21.8 Å². The molecule has 0 aromatic heterocycles. The fourth-order valence-corrected chi connectivity index (χ4v) is 2.11. The molecule has 1 rings (SSSR count).